The van der Waals surface area contributed by atoms with E-state index in [2.05, 4.69) is 35.1 Å². The Kier molecular flexibility index (Phi) is 6.15. The number of ether oxygens (including phenoxy) is 1. The maximum Gasteiger partial charge on any atom is 0.255 e. The summed E-state index contributed by atoms with van der Waals surface area (Å²) >= 11 is 3.43. The second-order valence-corrected chi connectivity index (χ2v) is 6.80. The summed E-state index contributed by atoms with van der Waals surface area (Å²) in [5.41, 5.74) is 1.65. The number of Topliss-reactive ketones (excluding diaryl/α,β-unsaturated/α-hetero) is 1. The van der Waals surface area contributed by atoms with E-state index in [9.17, 15) is 9.59 Å². The van der Waals surface area contributed by atoms with Crippen LogP contribution in [0.2, 0.25) is 0 Å². The number of anilines is 1. The molecule has 2 aromatic rings. The van der Waals surface area contributed by atoms with Crippen molar-refractivity contribution >= 4 is 33.3 Å². The Labute approximate surface area is 150 Å². The van der Waals surface area contributed by atoms with Crippen molar-refractivity contribution in [2.24, 2.45) is 5.92 Å². The summed E-state index contributed by atoms with van der Waals surface area (Å²) in [6.45, 7) is 6.26. The molecule has 4 nitrogen and oxygen atoms in total. The van der Waals surface area contributed by atoms with Crippen molar-refractivity contribution in [3.05, 3.63) is 58.1 Å². The SMILES string of the molecule is CC(=O)c1cccc(NC(=O)c2ccc(OCC(C)C)c(Br)c2)c1. The van der Waals surface area contributed by atoms with E-state index in [0.29, 0.717) is 35.1 Å². The maximum absolute atomic E-state index is 12.4. The molecule has 1 amide bonds. The molecule has 24 heavy (non-hydrogen) atoms. The lowest BCUT2D eigenvalue weighted by Gasteiger charge is -2.12. The van der Waals surface area contributed by atoms with Gasteiger partial charge < -0.3 is 10.1 Å². The molecule has 0 saturated carbocycles. The summed E-state index contributed by atoms with van der Waals surface area (Å²) in [4.78, 5) is 23.8. The molecule has 2 rings (SSSR count). The molecule has 0 aromatic heterocycles. The van der Waals surface area contributed by atoms with Gasteiger partial charge in [-0.25, -0.2) is 0 Å². The Morgan fingerprint density at radius 1 is 1.12 bits per heavy atom. The molecule has 0 bridgehead atoms. The van der Waals surface area contributed by atoms with Crippen LogP contribution in [0.5, 0.6) is 5.75 Å². The standard InChI is InChI=1S/C19H20BrNO3/c1-12(2)11-24-18-8-7-15(10-17(18)20)19(23)21-16-6-4-5-14(9-16)13(3)22/h4-10,12H,11H2,1-3H3,(H,21,23). The first-order chi connectivity index (χ1) is 11.4. The molecule has 1 N–H and O–H groups in total. The molecule has 0 saturated heterocycles. The molecule has 0 aliphatic rings. The molecule has 2 aromatic carbocycles. The smallest absolute Gasteiger partial charge is 0.255 e. The minimum Gasteiger partial charge on any atom is -0.492 e. The van der Waals surface area contributed by atoms with E-state index >= 15 is 0 Å². The van der Waals surface area contributed by atoms with E-state index in [0.717, 1.165) is 4.47 Å². The van der Waals surface area contributed by atoms with Gasteiger partial charge in [-0.2, -0.15) is 0 Å². The van der Waals surface area contributed by atoms with E-state index in [-0.39, 0.29) is 11.7 Å². The lowest BCUT2D eigenvalue weighted by molar-refractivity contribution is 0.101. The summed E-state index contributed by atoms with van der Waals surface area (Å²) in [6, 6.07) is 12.1. The highest BCUT2D eigenvalue weighted by atomic mass is 79.9. The number of nitrogens with one attached hydrogen (secondary N) is 1. The van der Waals surface area contributed by atoms with Gasteiger partial charge in [0.25, 0.3) is 5.91 Å². The Bertz CT molecular complexity index is 756. The van der Waals surface area contributed by atoms with Crippen LogP contribution in [0, 0.1) is 5.92 Å². The number of rotatable bonds is 6. The Morgan fingerprint density at radius 3 is 2.50 bits per heavy atom. The molecule has 5 heteroatoms. The van der Waals surface area contributed by atoms with Crippen molar-refractivity contribution in [2.45, 2.75) is 20.8 Å². The quantitative estimate of drug-likeness (QED) is 0.711. The van der Waals surface area contributed by atoms with Gasteiger partial charge in [-0.1, -0.05) is 26.0 Å². The first kappa shape index (κ1) is 18.2. The minimum absolute atomic E-state index is 0.0412. The summed E-state index contributed by atoms with van der Waals surface area (Å²) in [5.74, 6) is 0.847. The zero-order valence-corrected chi connectivity index (χ0v) is 15.5. The van der Waals surface area contributed by atoms with Gasteiger partial charge in [0.05, 0.1) is 11.1 Å². The molecule has 0 aliphatic heterocycles. The first-order valence-corrected chi connectivity index (χ1v) is 8.51. The second kappa shape index (κ2) is 8.11. The number of carbonyl (C=O) groups excluding carboxylic acids is 2. The average molecular weight is 390 g/mol. The maximum atomic E-state index is 12.4. The first-order valence-electron chi connectivity index (χ1n) is 7.71. The predicted molar refractivity (Wildman–Crippen MR) is 98.9 cm³/mol. The van der Waals surface area contributed by atoms with Crippen LogP contribution in [0.15, 0.2) is 46.9 Å². The third-order valence-electron chi connectivity index (χ3n) is 3.29. The topological polar surface area (TPSA) is 55.4 Å². The predicted octanol–water partition coefficient (Wildman–Crippen LogP) is 4.94. The van der Waals surface area contributed by atoms with E-state index in [4.69, 9.17) is 4.74 Å². The number of amides is 1. The van der Waals surface area contributed by atoms with Gasteiger partial charge in [-0.05, 0) is 59.1 Å². The highest BCUT2D eigenvalue weighted by Gasteiger charge is 2.11. The largest absolute Gasteiger partial charge is 0.492 e. The number of hydrogen-bond donors (Lipinski definition) is 1. The summed E-state index contributed by atoms with van der Waals surface area (Å²) in [5, 5.41) is 2.80. The fraction of sp³-hybridized carbons (Fsp3) is 0.263. The van der Waals surface area contributed by atoms with Crippen molar-refractivity contribution in [3.8, 4) is 5.75 Å². The van der Waals surface area contributed by atoms with Crippen LogP contribution in [-0.2, 0) is 0 Å². The third kappa shape index (κ3) is 4.93. The Morgan fingerprint density at radius 2 is 1.88 bits per heavy atom. The number of benzene rings is 2. The summed E-state index contributed by atoms with van der Waals surface area (Å²) in [6.07, 6.45) is 0. The van der Waals surface area contributed by atoms with E-state index in [1.807, 2.05) is 0 Å². The molecule has 0 heterocycles. The van der Waals surface area contributed by atoms with Crippen molar-refractivity contribution in [1.82, 2.24) is 0 Å². The number of ketones is 1. The zero-order chi connectivity index (χ0) is 17.7. The van der Waals surface area contributed by atoms with E-state index < -0.39 is 0 Å². The van der Waals surface area contributed by atoms with Crippen LogP contribution in [0.3, 0.4) is 0 Å². The lowest BCUT2D eigenvalue weighted by atomic mass is 10.1. The fourth-order valence-electron chi connectivity index (χ4n) is 2.03. The molecular formula is C19H20BrNO3. The van der Waals surface area contributed by atoms with Crippen molar-refractivity contribution in [3.63, 3.8) is 0 Å². The van der Waals surface area contributed by atoms with Crippen LogP contribution < -0.4 is 10.1 Å². The zero-order valence-electron chi connectivity index (χ0n) is 13.9. The molecule has 126 valence electrons. The fourth-order valence-corrected chi connectivity index (χ4v) is 2.53. The third-order valence-corrected chi connectivity index (χ3v) is 3.91. The van der Waals surface area contributed by atoms with E-state index in [1.165, 1.54) is 6.92 Å². The molecular weight excluding hydrogens is 370 g/mol. The van der Waals surface area contributed by atoms with Crippen LogP contribution in [0.4, 0.5) is 5.69 Å². The van der Waals surface area contributed by atoms with Crippen LogP contribution in [-0.4, -0.2) is 18.3 Å². The van der Waals surface area contributed by atoms with Gasteiger partial charge in [0, 0.05) is 16.8 Å². The second-order valence-electron chi connectivity index (χ2n) is 5.94. The highest BCUT2D eigenvalue weighted by molar-refractivity contribution is 9.10. The van der Waals surface area contributed by atoms with Crippen molar-refractivity contribution < 1.29 is 14.3 Å². The van der Waals surface area contributed by atoms with E-state index in [1.54, 1.807) is 42.5 Å². The molecule has 0 unspecified atom stereocenters. The van der Waals surface area contributed by atoms with Crippen molar-refractivity contribution in [2.75, 3.05) is 11.9 Å². The Hall–Kier alpha value is -2.14. The molecule has 0 radical (unpaired) electrons. The van der Waals surface area contributed by atoms with Gasteiger partial charge in [0.1, 0.15) is 5.75 Å². The van der Waals surface area contributed by atoms with Crippen LogP contribution in [0.1, 0.15) is 41.5 Å². The number of halogens is 1. The van der Waals surface area contributed by atoms with Crippen molar-refractivity contribution in [1.29, 1.82) is 0 Å². The van der Waals surface area contributed by atoms with Gasteiger partial charge in [0.15, 0.2) is 5.78 Å². The van der Waals surface area contributed by atoms with Crippen LogP contribution in [0.25, 0.3) is 0 Å². The van der Waals surface area contributed by atoms with Gasteiger partial charge in [-0.15, -0.1) is 0 Å². The normalized spacial score (nSPS) is 10.5. The lowest BCUT2D eigenvalue weighted by Crippen LogP contribution is -2.12. The van der Waals surface area contributed by atoms with Gasteiger partial charge in [0.2, 0.25) is 0 Å². The van der Waals surface area contributed by atoms with Crippen LogP contribution >= 0.6 is 15.9 Å². The monoisotopic (exact) mass is 389 g/mol. The summed E-state index contributed by atoms with van der Waals surface area (Å²) < 4.78 is 6.41. The molecule has 0 atom stereocenters. The van der Waals surface area contributed by atoms with Gasteiger partial charge in [-0.3, -0.25) is 9.59 Å². The summed E-state index contributed by atoms with van der Waals surface area (Å²) in [7, 11) is 0. The molecule has 0 aliphatic carbocycles. The Balaban J connectivity index is 2.11. The molecule has 0 spiro atoms. The average Bonchev–Trinajstić information content (AvgIpc) is 2.53. The minimum atomic E-state index is -0.244. The van der Waals surface area contributed by atoms with Gasteiger partial charge >= 0.3 is 0 Å². The number of hydrogen-bond acceptors (Lipinski definition) is 3. The number of carbonyl (C=O) groups is 2. The highest BCUT2D eigenvalue weighted by Crippen LogP contribution is 2.27. The molecule has 0 fully saturated rings.